The van der Waals surface area contributed by atoms with Gasteiger partial charge in [-0.3, -0.25) is 10.9 Å². The van der Waals surface area contributed by atoms with Gasteiger partial charge >= 0.3 is 0 Å². The van der Waals surface area contributed by atoms with Crippen molar-refractivity contribution in [2.75, 3.05) is 0 Å². The average molecular weight is 484 g/mol. The first-order valence-electron chi connectivity index (χ1n) is 12.3. The quantitative estimate of drug-likeness (QED) is 0.186. The summed E-state index contributed by atoms with van der Waals surface area (Å²) in [7, 11) is 0. The third-order valence-corrected chi connectivity index (χ3v) is 8.08. The van der Waals surface area contributed by atoms with E-state index in [4.69, 9.17) is 0 Å². The van der Waals surface area contributed by atoms with Gasteiger partial charge in [0.2, 0.25) is 0 Å². The van der Waals surface area contributed by atoms with Gasteiger partial charge in [-0.05, 0) is 35.4 Å². The SMILES string of the molecule is c1ccc(CNNCc2ccccc2-n2c3ccccc3c3ccc4sc5ccccc5c4c32)cc1. The molecule has 0 saturated carbocycles. The molecule has 0 saturated heterocycles. The van der Waals surface area contributed by atoms with Crippen molar-refractivity contribution >= 4 is 53.3 Å². The monoisotopic (exact) mass is 483 g/mol. The van der Waals surface area contributed by atoms with E-state index in [2.05, 4.69) is 125 Å². The molecule has 0 aliphatic rings. The zero-order valence-electron chi connectivity index (χ0n) is 19.7. The number of hydrogen-bond donors (Lipinski definition) is 2. The minimum Gasteiger partial charge on any atom is -0.308 e. The summed E-state index contributed by atoms with van der Waals surface area (Å²) in [6, 6.07) is 41.3. The number of hydrogen-bond acceptors (Lipinski definition) is 3. The van der Waals surface area contributed by atoms with Crippen LogP contribution >= 0.6 is 11.3 Å². The Labute approximate surface area is 213 Å². The molecule has 7 aromatic rings. The molecule has 2 heterocycles. The summed E-state index contributed by atoms with van der Waals surface area (Å²) in [5.74, 6) is 0. The molecule has 2 aromatic heterocycles. The zero-order chi connectivity index (χ0) is 23.9. The van der Waals surface area contributed by atoms with Crippen molar-refractivity contribution in [3.63, 3.8) is 0 Å². The summed E-state index contributed by atoms with van der Waals surface area (Å²) in [6.07, 6.45) is 0. The van der Waals surface area contributed by atoms with E-state index in [9.17, 15) is 0 Å². The standard InChI is InChI=1S/C32H25N3S/c1-2-10-22(11-3-1)20-33-34-21-23-12-4-7-15-27(23)35-28-16-8-5-13-24(28)25-18-19-30-31(32(25)35)26-14-6-9-17-29(26)36-30/h1-19,33-34H,20-21H2. The van der Waals surface area contributed by atoms with E-state index in [0.717, 1.165) is 13.1 Å². The Kier molecular flexibility index (Phi) is 5.29. The Balaban J connectivity index is 1.39. The Hall–Kier alpha value is -3.96. The number of aromatic nitrogens is 1. The molecule has 0 amide bonds. The van der Waals surface area contributed by atoms with Crippen LogP contribution in [0.15, 0.2) is 115 Å². The van der Waals surface area contributed by atoms with Crippen LogP contribution in [0.5, 0.6) is 0 Å². The summed E-state index contributed by atoms with van der Waals surface area (Å²) in [5, 5.41) is 5.25. The lowest BCUT2D eigenvalue weighted by molar-refractivity contribution is 0.529. The van der Waals surface area contributed by atoms with Crippen molar-refractivity contribution in [2.45, 2.75) is 13.1 Å². The van der Waals surface area contributed by atoms with E-state index < -0.39 is 0 Å². The lowest BCUT2D eigenvalue weighted by Crippen LogP contribution is -2.30. The minimum absolute atomic E-state index is 0.720. The predicted octanol–water partition coefficient (Wildman–Crippen LogP) is 7.95. The highest BCUT2D eigenvalue weighted by Crippen LogP contribution is 2.43. The first kappa shape index (κ1) is 21.3. The van der Waals surface area contributed by atoms with Crippen LogP contribution in [0.1, 0.15) is 11.1 Å². The van der Waals surface area contributed by atoms with Crippen LogP contribution in [-0.2, 0) is 13.1 Å². The largest absolute Gasteiger partial charge is 0.308 e. The molecule has 0 spiro atoms. The number of nitrogens with one attached hydrogen (secondary N) is 2. The highest BCUT2D eigenvalue weighted by Gasteiger charge is 2.19. The van der Waals surface area contributed by atoms with Crippen molar-refractivity contribution < 1.29 is 0 Å². The molecule has 0 aliphatic carbocycles. The molecule has 0 atom stereocenters. The molecule has 0 aliphatic heterocycles. The van der Waals surface area contributed by atoms with Gasteiger partial charge in [0, 0.05) is 44.0 Å². The van der Waals surface area contributed by atoms with Gasteiger partial charge in [-0.2, -0.15) is 0 Å². The van der Waals surface area contributed by atoms with Gasteiger partial charge in [0.05, 0.1) is 16.7 Å². The van der Waals surface area contributed by atoms with Crippen molar-refractivity contribution in [2.24, 2.45) is 0 Å². The summed E-state index contributed by atoms with van der Waals surface area (Å²) < 4.78 is 5.13. The molecule has 36 heavy (non-hydrogen) atoms. The predicted molar refractivity (Wildman–Crippen MR) is 154 cm³/mol. The molecule has 174 valence electrons. The van der Waals surface area contributed by atoms with Crippen molar-refractivity contribution in [1.29, 1.82) is 0 Å². The molecule has 7 rings (SSSR count). The molecule has 2 N–H and O–H groups in total. The molecular weight excluding hydrogens is 458 g/mol. The molecule has 0 radical (unpaired) electrons. The Morgan fingerprint density at radius 3 is 2.19 bits per heavy atom. The molecule has 0 bridgehead atoms. The van der Waals surface area contributed by atoms with E-state index in [1.165, 1.54) is 58.8 Å². The van der Waals surface area contributed by atoms with Crippen LogP contribution in [0.3, 0.4) is 0 Å². The normalized spacial score (nSPS) is 11.8. The molecular formula is C32H25N3S. The minimum atomic E-state index is 0.720. The summed E-state index contributed by atoms with van der Waals surface area (Å²) in [5.41, 5.74) is 13.1. The maximum absolute atomic E-state index is 3.45. The highest BCUT2D eigenvalue weighted by atomic mass is 32.1. The van der Waals surface area contributed by atoms with Crippen LogP contribution < -0.4 is 10.9 Å². The maximum Gasteiger partial charge on any atom is 0.0634 e. The number of rotatable bonds is 6. The fraction of sp³-hybridized carbons (Fsp3) is 0.0625. The smallest absolute Gasteiger partial charge is 0.0634 e. The average Bonchev–Trinajstić information content (AvgIpc) is 3.47. The fourth-order valence-electron chi connectivity index (χ4n) is 5.31. The summed E-state index contributed by atoms with van der Waals surface area (Å²) in [4.78, 5) is 0. The van der Waals surface area contributed by atoms with Gasteiger partial charge in [-0.1, -0.05) is 91.0 Å². The van der Waals surface area contributed by atoms with Gasteiger partial charge < -0.3 is 4.57 Å². The van der Waals surface area contributed by atoms with E-state index in [1.54, 1.807) is 0 Å². The molecule has 0 unspecified atom stereocenters. The van der Waals surface area contributed by atoms with Crippen LogP contribution in [0.2, 0.25) is 0 Å². The molecule has 4 heteroatoms. The third-order valence-electron chi connectivity index (χ3n) is 6.95. The number of thiophene rings is 1. The van der Waals surface area contributed by atoms with Gasteiger partial charge in [0.1, 0.15) is 0 Å². The Bertz CT molecular complexity index is 1850. The summed E-state index contributed by atoms with van der Waals surface area (Å²) >= 11 is 1.87. The topological polar surface area (TPSA) is 29.0 Å². The second-order valence-electron chi connectivity index (χ2n) is 9.11. The number of para-hydroxylation sites is 2. The fourth-order valence-corrected chi connectivity index (χ4v) is 6.42. The molecule has 3 nitrogen and oxygen atoms in total. The van der Waals surface area contributed by atoms with E-state index in [-0.39, 0.29) is 0 Å². The number of fused-ring (bicyclic) bond motifs is 7. The number of benzene rings is 5. The third kappa shape index (κ3) is 3.50. The van der Waals surface area contributed by atoms with Crippen molar-refractivity contribution in [3.8, 4) is 5.69 Å². The lowest BCUT2D eigenvalue weighted by atomic mass is 10.1. The summed E-state index contributed by atoms with van der Waals surface area (Å²) in [6.45, 7) is 1.50. The zero-order valence-corrected chi connectivity index (χ0v) is 20.6. The Morgan fingerprint density at radius 2 is 1.28 bits per heavy atom. The van der Waals surface area contributed by atoms with Crippen molar-refractivity contribution in [3.05, 3.63) is 126 Å². The van der Waals surface area contributed by atoms with Crippen molar-refractivity contribution in [1.82, 2.24) is 15.4 Å². The van der Waals surface area contributed by atoms with Gasteiger partial charge in [-0.25, -0.2) is 0 Å². The molecule has 5 aromatic carbocycles. The van der Waals surface area contributed by atoms with Crippen LogP contribution in [0.25, 0.3) is 47.7 Å². The maximum atomic E-state index is 3.45. The van der Waals surface area contributed by atoms with E-state index in [1.807, 2.05) is 17.4 Å². The second kappa shape index (κ2) is 8.92. The van der Waals surface area contributed by atoms with Gasteiger partial charge in [0.15, 0.2) is 0 Å². The lowest BCUT2D eigenvalue weighted by Gasteiger charge is -2.15. The van der Waals surface area contributed by atoms with Crippen LogP contribution in [0.4, 0.5) is 0 Å². The molecule has 0 fully saturated rings. The van der Waals surface area contributed by atoms with E-state index in [0.29, 0.717) is 0 Å². The van der Waals surface area contributed by atoms with Gasteiger partial charge in [0.25, 0.3) is 0 Å². The highest BCUT2D eigenvalue weighted by molar-refractivity contribution is 7.26. The van der Waals surface area contributed by atoms with Gasteiger partial charge in [-0.15, -0.1) is 11.3 Å². The second-order valence-corrected chi connectivity index (χ2v) is 10.2. The first-order valence-corrected chi connectivity index (χ1v) is 13.1. The number of nitrogens with zero attached hydrogens (tertiary/aromatic N) is 1. The van der Waals surface area contributed by atoms with E-state index >= 15 is 0 Å². The van der Waals surface area contributed by atoms with Crippen LogP contribution in [-0.4, -0.2) is 4.57 Å². The number of hydrazine groups is 1. The Morgan fingerprint density at radius 1 is 0.556 bits per heavy atom. The first-order chi connectivity index (χ1) is 17.9. The van der Waals surface area contributed by atoms with Crippen LogP contribution in [0, 0.1) is 0 Å².